The van der Waals surface area contributed by atoms with Crippen LogP contribution in [0.2, 0.25) is 0 Å². The molecule has 100 valence electrons. The molecule has 0 amide bonds. The van der Waals surface area contributed by atoms with Crippen LogP contribution in [0.25, 0.3) is 11.3 Å². The van der Waals surface area contributed by atoms with E-state index in [1.165, 1.54) is 5.56 Å². The van der Waals surface area contributed by atoms with Crippen molar-refractivity contribution < 1.29 is 0 Å². The van der Waals surface area contributed by atoms with Crippen molar-refractivity contribution in [2.45, 2.75) is 6.54 Å². The van der Waals surface area contributed by atoms with E-state index in [0.717, 1.165) is 22.3 Å². The molecule has 3 aromatic rings. The van der Waals surface area contributed by atoms with Gasteiger partial charge in [0.25, 0.3) is 0 Å². The smallest absolute Gasteiger partial charge is 0.131 e. The van der Waals surface area contributed by atoms with Crippen LogP contribution in [0.15, 0.2) is 65.4 Å². The lowest BCUT2D eigenvalue weighted by molar-refractivity contribution is 0.808. The van der Waals surface area contributed by atoms with Crippen molar-refractivity contribution >= 4 is 21.7 Å². The first-order valence-corrected chi connectivity index (χ1v) is 7.14. The molecule has 0 saturated carbocycles. The lowest BCUT2D eigenvalue weighted by Gasteiger charge is -2.07. The maximum absolute atomic E-state index is 6.23. The summed E-state index contributed by atoms with van der Waals surface area (Å²) in [5.41, 5.74) is 9.26. The Hall–Kier alpha value is -2.07. The van der Waals surface area contributed by atoms with E-state index in [4.69, 9.17) is 5.73 Å². The monoisotopic (exact) mass is 327 g/mol. The Morgan fingerprint density at radius 2 is 1.70 bits per heavy atom. The van der Waals surface area contributed by atoms with Gasteiger partial charge in [-0.3, -0.25) is 0 Å². The second-order valence-electron chi connectivity index (χ2n) is 4.57. The zero-order valence-electron chi connectivity index (χ0n) is 10.8. The number of nitrogens with two attached hydrogens (primary N) is 1. The van der Waals surface area contributed by atoms with Crippen LogP contribution in [0.5, 0.6) is 0 Å². The van der Waals surface area contributed by atoms with Crippen LogP contribution in [-0.4, -0.2) is 9.55 Å². The summed E-state index contributed by atoms with van der Waals surface area (Å²) in [6, 6.07) is 18.2. The zero-order chi connectivity index (χ0) is 13.9. The molecule has 0 fully saturated rings. The number of anilines is 1. The molecular formula is C16H14BrN3. The first kappa shape index (κ1) is 12.9. The topological polar surface area (TPSA) is 43.8 Å². The fourth-order valence-electron chi connectivity index (χ4n) is 2.16. The van der Waals surface area contributed by atoms with E-state index in [9.17, 15) is 0 Å². The van der Waals surface area contributed by atoms with Gasteiger partial charge in [0.2, 0.25) is 0 Å². The highest BCUT2D eigenvalue weighted by Gasteiger charge is 2.12. The molecule has 3 nitrogen and oxygen atoms in total. The minimum Gasteiger partial charge on any atom is -0.383 e. The molecule has 2 N–H and O–H groups in total. The molecule has 0 spiro atoms. The summed E-state index contributed by atoms with van der Waals surface area (Å²) in [4.78, 5) is 4.45. The van der Waals surface area contributed by atoms with Crippen molar-refractivity contribution in [2.75, 3.05) is 5.73 Å². The summed E-state index contributed by atoms with van der Waals surface area (Å²) in [5, 5.41) is 0. The van der Waals surface area contributed by atoms with E-state index in [2.05, 4.69) is 33.0 Å². The predicted molar refractivity (Wildman–Crippen MR) is 85.3 cm³/mol. The normalized spacial score (nSPS) is 10.7. The Balaban J connectivity index is 1.95. The largest absolute Gasteiger partial charge is 0.383 e. The molecule has 0 saturated heterocycles. The Labute approximate surface area is 126 Å². The lowest BCUT2D eigenvalue weighted by atomic mass is 10.1. The second kappa shape index (κ2) is 5.51. The summed E-state index contributed by atoms with van der Waals surface area (Å²) in [6.45, 7) is 0.726. The van der Waals surface area contributed by atoms with Gasteiger partial charge in [-0.2, -0.15) is 0 Å². The van der Waals surface area contributed by atoms with Gasteiger partial charge in [0.1, 0.15) is 11.5 Å². The average Bonchev–Trinajstić information content (AvgIpc) is 2.82. The fraction of sp³-hybridized carbons (Fsp3) is 0.0625. The van der Waals surface area contributed by atoms with Crippen LogP contribution in [0.1, 0.15) is 5.56 Å². The molecular weight excluding hydrogens is 314 g/mol. The average molecular weight is 328 g/mol. The zero-order valence-corrected chi connectivity index (χ0v) is 12.4. The maximum Gasteiger partial charge on any atom is 0.131 e. The van der Waals surface area contributed by atoms with E-state index in [1.807, 2.05) is 47.0 Å². The molecule has 20 heavy (non-hydrogen) atoms. The van der Waals surface area contributed by atoms with Crippen molar-refractivity contribution in [3.05, 3.63) is 71.0 Å². The number of rotatable bonds is 3. The summed E-state index contributed by atoms with van der Waals surface area (Å²) >= 11 is 3.54. The predicted octanol–water partition coefficient (Wildman–Crippen LogP) is 3.94. The van der Waals surface area contributed by atoms with Crippen molar-refractivity contribution in [3.8, 4) is 11.3 Å². The number of hydrogen-bond acceptors (Lipinski definition) is 2. The SMILES string of the molecule is Nc1c(-c2ccccc2Br)ncn1Cc1ccccc1. The van der Waals surface area contributed by atoms with E-state index < -0.39 is 0 Å². The van der Waals surface area contributed by atoms with E-state index in [1.54, 1.807) is 6.33 Å². The first-order chi connectivity index (χ1) is 9.75. The third-order valence-corrected chi connectivity index (χ3v) is 3.89. The van der Waals surface area contributed by atoms with Gasteiger partial charge in [0, 0.05) is 10.0 Å². The van der Waals surface area contributed by atoms with E-state index in [-0.39, 0.29) is 0 Å². The maximum atomic E-state index is 6.23. The summed E-state index contributed by atoms with van der Waals surface area (Å²) in [5.74, 6) is 0.681. The third kappa shape index (κ3) is 2.47. The number of hydrogen-bond donors (Lipinski definition) is 1. The van der Waals surface area contributed by atoms with Crippen LogP contribution in [0, 0.1) is 0 Å². The quantitative estimate of drug-likeness (QED) is 0.791. The van der Waals surface area contributed by atoms with E-state index in [0.29, 0.717) is 5.82 Å². The number of nitrogen functional groups attached to an aromatic ring is 1. The van der Waals surface area contributed by atoms with Gasteiger partial charge in [-0.05, 0) is 11.6 Å². The first-order valence-electron chi connectivity index (χ1n) is 6.35. The van der Waals surface area contributed by atoms with Crippen molar-refractivity contribution in [1.29, 1.82) is 0 Å². The van der Waals surface area contributed by atoms with Crippen LogP contribution in [-0.2, 0) is 6.54 Å². The molecule has 0 bridgehead atoms. The van der Waals surface area contributed by atoms with Gasteiger partial charge < -0.3 is 10.3 Å². The van der Waals surface area contributed by atoms with Gasteiger partial charge in [-0.25, -0.2) is 4.98 Å². The summed E-state index contributed by atoms with van der Waals surface area (Å²) < 4.78 is 2.96. The third-order valence-electron chi connectivity index (χ3n) is 3.20. The Morgan fingerprint density at radius 3 is 2.45 bits per heavy atom. The number of halogens is 1. The minimum atomic E-state index is 0.681. The van der Waals surface area contributed by atoms with Crippen molar-refractivity contribution in [2.24, 2.45) is 0 Å². The van der Waals surface area contributed by atoms with Crippen LogP contribution >= 0.6 is 15.9 Å². The highest BCUT2D eigenvalue weighted by molar-refractivity contribution is 9.10. The molecule has 0 atom stereocenters. The molecule has 0 aliphatic heterocycles. The second-order valence-corrected chi connectivity index (χ2v) is 5.43. The van der Waals surface area contributed by atoms with Crippen LogP contribution in [0.3, 0.4) is 0 Å². The Kier molecular flexibility index (Phi) is 3.56. The molecule has 0 radical (unpaired) electrons. The molecule has 0 aliphatic rings. The number of imidazole rings is 1. The number of aromatic nitrogens is 2. The van der Waals surface area contributed by atoms with E-state index >= 15 is 0 Å². The molecule has 1 heterocycles. The summed E-state index contributed by atoms with van der Waals surface area (Å²) in [6.07, 6.45) is 1.79. The highest BCUT2D eigenvalue weighted by Crippen LogP contribution is 2.30. The fourth-order valence-corrected chi connectivity index (χ4v) is 2.63. The number of benzene rings is 2. The van der Waals surface area contributed by atoms with Crippen LogP contribution in [0.4, 0.5) is 5.82 Å². The number of nitrogens with zero attached hydrogens (tertiary/aromatic N) is 2. The summed E-state index contributed by atoms with van der Waals surface area (Å²) in [7, 11) is 0. The van der Waals surface area contributed by atoms with Crippen molar-refractivity contribution in [3.63, 3.8) is 0 Å². The van der Waals surface area contributed by atoms with Gasteiger partial charge >= 0.3 is 0 Å². The highest BCUT2D eigenvalue weighted by atomic mass is 79.9. The molecule has 0 unspecified atom stereocenters. The van der Waals surface area contributed by atoms with Gasteiger partial charge in [-0.1, -0.05) is 64.5 Å². The Morgan fingerprint density at radius 1 is 1.00 bits per heavy atom. The van der Waals surface area contributed by atoms with Gasteiger partial charge in [0.05, 0.1) is 12.9 Å². The Bertz CT molecular complexity index is 720. The molecule has 2 aromatic carbocycles. The standard InChI is InChI=1S/C16H14BrN3/c17-14-9-5-4-8-13(14)15-16(18)20(11-19-15)10-12-6-2-1-3-7-12/h1-9,11H,10,18H2. The van der Waals surface area contributed by atoms with Crippen LogP contribution < -0.4 is 5.73 Å². The van der Waals surface area contributed by atoms with Crippen molar-refractivity contribution in [1.82, 2.24) is 9.55 Å². The molecule has 4 heteroatoms. The van der Waals surface area contributed by atoms with Gasteiger partial charge in [0.15, 0.2) is 0 Å². The molecule has 1 aromatic heterocycles. The lowest BCUT2D eigenvalue weighted by Crippen LogP contribution is -2.03. The van der Waals surface area contributed by atoms with Gasteiger partial charge in [-0.15, -0.1) is 0 Å². The minimum absolute atomic E-state index is 0.681. The molecule has 0 aliphatic carbocycles. The molecule has 3 rings (SSSR count).